The van der Waals surface area contributed by atoms with Crippen molar-refractivity contribution in [3.63, 3.8) is 0 Å². The van der Waals surface area contributed by atoms with E-state index in [0.717, 1.165) is 4.90 Å². The molecule has 0 saturated carbocycles. The number of fused-ring (bicyclic) bond motifs is 1. The van der Waals surface area contributed by atoms with Crippen LogP contribution in [0.1, 0.15) is 5.56 Å². The predicted octanol–water partition coefficient (Wildman–Crippen LogP) is 2.80. The van der Waals surface area contributed by atoms with Gasteiger partial charge in [0.1, 0.15) is 11.4 Å². The van der Waals surface area contributed by atoms with Gasteiger partial charge in [-0.1, -0.05) is 24.3 Å². The quantitative estimate of drug-likeness (QED) is 0.615. The molecule has 0 radical (unpaired) electrons. The van der Waals surface area contributed by atoms with Gasteiger partial charge < -0.3 is 19.5 Å². The Morgan fingerprint density at radius 2 is 1.93 bits per heavy atom. The van der Waals surface area contributed by atoms with Gasteiger partial charge in [-0.05, 0) is 18.2 Å². The van der Waals surface area contributed by atoms with E-state index in [1.54, 1.807) is 42.5 Å². The first-order valence-corrected chi connectivity index (χ1v) is 8.65. The number of methoxy groups -OCH3 is 1. The second-order valence-corrected chi connectivity index (χ2v) is 6.15. The standard InChI is InChI=1S/C21H18N2O5/c1-3-10-23-20(24)18(14-6-4-5-7-15(14)26-2)19(21(23)25)22-13-8-9-16-17(11-13)28-12-27-16/h3-9,11,22H,1,10,12H2,2H3. The van der Waals surface area contributed by atoms with Gasteiger partial charge >= 0.3 is 0 Å². The number of rotatable bonds is 6. The number of imide groups is 1. The maximum absolute atomic E-state index is 13.0. The predicted molar refractivity (Wildman–Crippen MR) is 103 cm³/mol. The van der Waals surface area contributed by atoms with E-state index in [1.165, 1.54) is 13.2 Å². The first kappa shape index (κ1) is 17.7. The Kier molecular flexibility index (Phi) is 4.49. The third-order valence-electron chi connectivity index (χ3n) is 4.50. The summed E-state index contributed by atoms with van der Waals surface area (Å²) >= 11 is 0. The number of para-hydroxylation sites is 1. The van der Waals surface area contributed by atoms with Crippen molar-refractivity contribution < 1.29 is 23.8 Å². The average Bonchev–Trinajstić information content (AvgIpc) is 3.26. The van der Waals surface area contributed by atoms with E-state index >= 15 is 0 Å². The summed E-state index contributed by atoms with van der Waals surface area (Å²) in [4.78, 5) is 27.1. The van der Waals surface area contributed by atoms with Gasteiger partial charge in [-0.15, -0.1) is 6.58 Å². The third-order valence-corrected chi connectivity index (χ3v) is 4.50. The highest BCUT2D eigenvalue weighted by molar-refractivity contribution is 6.37. The highest BCUT2D eigenvalue weighted by Crippen LogP contribution is 2.38. The average molecular weight is 378 g/mol. The lowest BCUT2D eigenvalue weighted by Gasteiger charge is -2.12. The Balaban J connectivity index is 1.80. The van der Waals surface area contributed by atoms with Gasteiger partial charge in [0.15, 0.2) is 11.5 Å². The van der Waals surface area contributed by atoms with Crippen molar-refractivity contribution in [2.24, 2.45) is 0 Å². The highest BCUT2D eigenvalue weighted by Gasteiger charge is 2.39. The van der Waals surface area contributed by atoms with Crippen LogP contribution in [0.25, 0.3) is 5.57 Å². The van der Waals surface area contributed by atoms with E-state index in [2.05, 4.69) is 11.9 Å². The molecule has 0 bridgehead atoms. The molecule has 2 aliphatic heterocycles. The number of anilines is 1. The van der Waals surface area contributed by atoms with E-state index in [0.29, 0.717) is 28.5 Å². The lowest BCUT2D eigenvalue weighted by molar-refractivity contribution is -0.136. The van der Waals surface area contributed by atoms with Crippen molar-refractivity contribution in [2.45, 2.75) is 0 Å². The summed E-state index contributed by atoms with van der Waals surface area (Å²) in [5.41, 5.74) is 1.57. The van der Waals surface area contributed by atoms with Gasteiger partial charge in [0, 0.05) is 23.9 Å². The molecule has 2 aromatic rings. The Labute approximate surface area is 161 Å². The smallest absolute Gasteiger partial charge is 0.278 e. The minimum Gasteiger partial charge on any atom is -0.496 e. The Morgan fingerprint density at radius 3 is 2.71 bits per heavy atom. The first-order chi connectivity index (χ1) is 13.6. The van der Waals surface area contributed by atoms with Crippen LogP contribution in [-0.2, 0) is 9.59 Å². The SMILES string of the molecule is C=CCN1C(=O)C(Nc2ccc3c(c2)OCO3)=C(c2ccccc2OC)C1=O. The fourth-order valence-electron chi connectivity index (χ4n) is 3.21. The number of carbonyl (C=O) groups is 2. The van der Waals surface area contributed by atoms with E-state index < -0.39 is 11.8 Å². The minimum absolute atomic E-state index is 0.114. The van der Waals surface area contributed by atoms with Crippen LogP contribution in [0.15, 0.2) is 60.8 Å². The molecule has 2 aromatic carbocycles. The van der Waals surface area contributed by atoms with Crippen molar-refractivity contribution in [3.05, 3.63) is 66.4 Å². The maximum atomic E-state index is 13.0. The number of benzene rings is 2. The van der Waals surface area contributed by atoms with Gasteiger partial charge in [-0.3, -0.25) is 14.5 Å². The molecule has 0 fully saturated rings. The molecule has 0 atom stereocenters. The van der Waals surface area contributed by atoms with E-state index in [9.17, 15) is 9.59 Å². The fourth-order valence-corrected chi connectivity index (χ4v) is 3.21. The van der Waals surface area contributed by atoms with Gasteiger partial charge in [0.25, 0.3) is 11.8 Å². The molecule has 0 aromatic heterocycles. The summed E-state index contributed by atoms with van der Waals surface area (Å²) < 4.78 is 16.1. The zero-order valence-electron chi connectivity index (χ0n) is 15.2. The minimum atomic E-state index is -0.427. The van der Waals surface area contributed by atoms with Gasteiger partial charge in [-0.25, -0.2) is 0 Å². The van der Waals surface area contributed by atoms with Crippen LogP contribution in [-0.4, -0.2) is 37.2 Å². The van der Waals surface area contributed by atoms with E-state index in [1.807, 2.05) is 0 Å². The molecule has 1 N–H and O–H groups in total. The zero-order chi connectivity index (χ0) is 19.7. The summed E-state index contributed by atoms with van der Waals surface area (Å²) in [5, 5.41) is 3.08. The van der Waals surface area contributed by atoms with Crippen LogP contribution < -0.4 is 19.5 Å². The number of hydrogen-bond donors (Lipinski definition) is 1. The number of carbonyl (C=O) groups excluding carboxylic acids is 2. The summed E-state index contributed by atoms with van der Waals surface area (Å²) in [6.45, 7) is 3.90. The van der Waals surface area contributed by atoms with Gasteiger partial charge in [0.05, 0.1) is 12.7 Å². The lowest BCUT2D eigenvalue weighted by atomic mass is 10.0. The molecule has 2 aliphatic rings. The molecule has 142 valence electrons. The van der Waals surface area contributed by atoms with Crippen molar-refractivity contribution in [1.29, 1.82) is 0 Å². The molecular formula is C21H18N2O5. The summed E-state index contributed by atoms with van der Waals surface area (Å²) in [7, 11) is 1.52. The summed E-state index contributed by atoms with van der Waals surface area (Å²) in [6, 6.07) is 12.3. The van der Waals surface area contributed by atoms with Crippen molar-refractivity contribution in [1.82, 2.24) is 4.90 Å². The molecule has 2 heterocycles. The second-order valence-electron chi connectivity index (χ2n) is 6.15. The Morgan fingerprint density at radius 1 is 1.14 bits per heavy atom. The Bertz CT molecular complexity index is 1010. The van der Waals surface area contributed by atoms with Crippen molar-refractivity contribution in [2.75, 3.05) is 25.8 Å². The maximum Gasteiger partial charge on any atom is 0.278 e. The van der Waals surface area contributed by atoms with Gasteiger partial charge in [-0.2, -0.15) is 0 Å². The third kappa shape index (κ3) is 2.87. The molecule has 2 amide bonds. The molecule has 0 spiro atoms. The lowest BCUT2D eigenvalue weighted by Crippen LogP contribution is -2.32. The molecule has 0 saturated heterocycles. The van der Waals surface area contributed by atoms with E-state index in [-0.39, 0.29) is 24.6 Å². The van der Waals surface area contributed by atoms with Crippen molar-refractivity contribution in [3.8, 4) is 17.2 Å². The van der Waals surface area contributed by atoms with Crippen LogP contribution >= 0.6 is 0 Å². The molecular weight excluding hydrogens is 360 g/mol. The van der Waals surface area contributed by atoms with Crippen LogP contribution in [0.2, 0.25) is 0 Å². The van der Waals surface area contributed by atoms with Gasteiger partial charge in [0.2, 0.25) is 6.79 Å². The largest absolute Gasteiger partial charge is 0.496 e. The number of amides is 2. The van der Waals surface area contributed by atoms with Crippen LogP contribution in [0.3, 0.4) is 0 Å². The highest BCUT2D eigenvalue weighted by atomic mass is 16.7. The summed E-state index contributed by atoms with van der Waals surface area (Å²) in [5.74, 6) is 0.876. The number of nitrogens with one attached hydrogen (secondary N) is 1. The normalized spacial score (nSPS) is 15.2. The molecule has 0 unspecified atom stereocenters. The molecule has 7 nitrogen and oxygen atoms in total. The van der Waals surface area contributed by atoms with E-state index in [4.69, 9.17) is 14.2 Å². The number of hydrogen-bond acceptors (Lipinski definition) is 6. The molecule has 0 aliphatic carbocycles. The van der Waals surface area contributed by atoms with Crippen LogP contribution in [0.4, 0.5) is 5.69 Å². The monoisotopic (exact) mass is 378 g/mol. The van der Waals surface area contributed by atoms with Crippen LogP contribution in [0.5, 0.6) is 17.2 Å². The van der Waals surface area contributed by atoms with Crippen molar-refractivity contribution >= 4 is 23.1 Å². The summed E-state index contributed by atoms with van der Waals surface area (Å²) in [6.07, 6.45) is 1.51. The topological polar surface area (TPSA) is 77.1 Å². The first-order valence-electron chi connectivity index (χ1n) is 8.65. The number of ether oxygens (including phenoxy) is 3. The van der Waals surface area contributed by atoms with Crippen LogP contribution in [0, 0.1) is 0 Å². The zero-order valence-corrected chi connectivity index (χ0v) is 15.2. The second kappa shape index (κ2) is 7.11. The molecule has 28 heavy (non-hydrogen) atoms. The fraction of sp³-hybridized carbons (Fsp3) is 0.143. The molecule has 7 heteroatoms. The number of nitrogens with zero attached hydrogens (tertiary/aromatic N) is 1. The molecule has 4 rings (SSSR count). The Hall–Kier alpha value is -3.74.